The molecule has 0 saturated heterocycles. The van der Waals surface area contributed by atoms with Gasteiger partial charge in [-0.05, 0) is 0 Å². The van der Waals surface area contributed by atoms with Crippen LogP contribution in [0.25, 0.3) is 0 Å². The van der Waals surface area contributed by atoms with Gasteiger partial charge in [-0.2, -0.15) is 0 Å². The van der Waals surface area contributed by atoms with Gasteiger partial charge in [0.05, 0.1) is 0 Å². The van der Waals surface area contributed by atoms with E-state index in [0.29, 0.717) is 5.66 Å². The fourth-order valence-corrected chi connectivity index (χ4v) is 12.2. The first-order chi connectivity index (χ1) is 14.2. The molecule has 0 aliphatic heterocycles. The molecule has 0 aromatic heterocycles. The first-order valence-corrected chi connectivity index (χ1v) is 12.9. The molecule has 0 atom stereocenters. The summed E-state index contributed by atoms with van der Waals surface area (Å²) in [6.07, 6.45) is 1.03. The number of benzene rings is 4. The zero-order chi connectivity index (χ0) is 20.2. The summed E-state index contributed by atoms with van der Waals surface area (Å²) in [5, 5.41) is 4.40. The van der Waals surface area contributed by atoms with E-state index in [4.69, 9.17) is 0 Å². The van der Waals surface area contributed by atoms with E-state index in [-0.39, 0.29) is 0 Å². The van der Waals surface area contributed by atoms with E-state index < -0.39 is 6.60 Å². The van der Waals surface area contributed by atoms with Crippen molar-refractivity contribution in [3.63, 3.8) is 0 Å². The van der Waals surface area contributed by atoms with Gasteiger partial charge in [0.1, 0.15) is 0 Å². The zero-order valence-corrected chi connectivity index (χ0v) is 18.2. The van der Waals surface area contributed by atoms with E-state index >= 15 is 0 Å². The molecule has 0 fully saturated rings. The first-order valence-electron chi connectivity index (χ1n) is 10.4. The number of hydrogen-bond acceptors (Lipinski definition) is 0. The Hall–Kier alpha value is -2.69. The average Bonchev–Trinajstić information content (AvgIpc) is 2.80. The van der Waals surface area contributed by atoms with Crippen molar-refractivity contribution in [3.8, 4) is 0 Å². The normalized spacial score (nSPS) is 13.0. The summed E-state index contributed by atoms with van der Waals surface area (Å²) in [6.45, 7) is 2.04. The third-order valence-corrected chi connectivity index (χ3v) is 14.3. The summed E-state index contributed by atoms with van der Waals surface area (Å²) in [6, 6.07) is 44.8. The van der Waals surface area contributed by atoms with E-state index in [1.165, 1.54) is 21.5 Å². The van der Waals surface area contributed by atoms with Crippen LogP contribution in [0.15, 0.2) is 121 Å². The maximum absolute atomic E-state index is 2.81. The summed E-state index contributed by atoms with van der Waals surface area (Å²) in [4.78, 5) is 0. The molecule has 4 rings (SSSR count). The van der Waals surface area contributed by atoms with Crippen LogP contribution in [0.4, 0.5) is 0 Å². The summed E-state index contributed by atoms with van der Waals surface area (Å²) >= 11 is 0. The molecular formula is C28H29P. The van der Waals surface area contributed by atoms with Crippen molar-refractivity contribution in [2.24, 2.45) is 0 Å². The quantitative estimate of drug-likeness (QED) is 0.344. The molecular weight excluding hydrogens is 367 g/mol. The Morgan fingerprint density at radius 2 is 0.793 bits per heavy atom. The topological polar surface area (TPSA) is 0 Å². The van der Waals surface area contributed by atoms with Gasteiger partial charge in [0.2, 0.25) is 0 Å². The molecule has 1 heteroatoms. The molecule has 4 aromatic carbocycles. The molecule has 0 unspecified atom stereocenters. The zero-order valence-electron chi connectivity index (χ0n) is 17.3. The predicted octanol–water partition coefficient (Wildman–Crippen LogP) is 6.12. The molecule has 0 spiro atoms. The van der Waals surface area contributed by atoms with Crippen molar-refractivity contribution in [1.82, 2.24) is 0 Å². The Morgan fingerprint density at radius 1 is 0.483 bits per heavy atom. The van der Waals surface area contributed by atoms with Crippen LogP contribution in [0.5, 0.6) is 0 Å². The molecule has 0 radical (unpaired) electrons. The Morgan fingerprint density at radius 3 is 1.10 bits per heavy atom. The van der Waals surface area contributed by atoms with Crippen molar-refractivity contribution in [2.75, 3.05) is 0 Å². The van der Waals surface area contributed by atoms with E-state index in [2.05, 4.69) is 135 Å². The molecule has 146 valence electrons. The first kappa shape index (κ1) is 19.6. The molecule has 0 aliphatic carbocycles. The van der Waals surface area contributed by atoms with Crippen LogP contribution < -0.4 is 15.9 Å². The van der Waals surface area contributed by atoms with Crippen LogP contribution in [0.1, 0.15) is 19.4 Å². The average molecular weight is 397 g/mol. The van der Waals surface area contributed by atoms with Crippen LogP contribution in [0, 0.1) is 0 Å². The van der Waals surface area contributed by atoms with Crippen molar-refractivity contribution >= 4 is 22.5 Å². The fourth-order valence-electron chi connectivity index (χ4n) is 5.07. The number of rotatable bonds is 6. The standard InChI is InChI=1S/C28H29P/c1-24(2)29(26-17-9-4-10-18-26,27-19-11-5-12-20-27,28-21-13-6-14-22-28)23-25-15-7-3-8-16-25/h3-22,24H,23H2,1-2H3. The Labute approximate surface area is 175 Å². The van der Waals surface area contributed by atoms with Crippen molar-refractivity contribution in [2.45, 2.75) is 25.7 Å². The SMILES string of the molecule is CC(C)P(Cc1ccccc1)(c1ccccc1)(c1ccccc1)c1ccccc1. The minimum atomic E-state index is -2.81. The molecule has 0 saturated carbocycles. The molecule has 0 aliphatic rings. The van der Waals surface area contributed by atoms with Gasteiger partial charge in [-0.1, -0.05) is 0 Å². The Bertz CT molecular complexity index is 939. The fraction of sp³-hybridized carbons (Fsp3) is 0.143. The molecule has 29 heavy (non-hydrogen) atoms. The van der Waals surface area contributed by atoms with Gasteiger partial charge in [0.15, 0.2) is 0 Å². The third-order valence-electron chi connectivity index (χ3n) is 6.53. The minimum absolute atomic E-state index is 0.452. The van der Waals surface area contributed by atoms with Gasteiger partial charge in [-0.25, -0.2) is 0 Å². The molecule has 0 N–H and O–H groups in total. The van der Waals surface area contributed by atoms with Crippen molar-refractivity contribution < 1.29 is 0 Å². The summed E-state index contributed by atoms with van der Waals surface area (Å²) < 4.78 is 0. The van der Waals surface area contributed by atoms with E-state index in [1.54, 1.807) is 0 Å². The van der Waals surface area contributed by atoms with Gasteiger partial charge in [0, 0.05) is 0 Å². The van der Waals surface area contributed by atoms with E-state index in [9.17, 15) is 0 Å². The molecule has 4 aromatic rings. The monoisotopic (exact) mass is 396 g/mol. The molecule has 0 bridgehead atoms. The predicted molar refractivity (Wildman–Crippen MR) is 130 cm³/mol. The van der Waals surface area contributed by atoms with Crippen molar-refractivity contribution in [1.29, 1.82) is 0 Å². The molecule has 0 heterocycles. The van der Waals surface area contributed by atoms with Gasteiger partial charge in [-0.15, -0.1) is 0 Å². The summed E-state index contributed by atoms with van der Waals surface area (Å²) in [7, 11) is 0. The third kappa shape index (κ3) is 3.04. The molecule has 0 nitrogen and oxygen atoms in total. The van der Waals surface area contributed by atoms with Gasteiger partial charge in [-0.3, -0.25) is 0 Å². The van der Waals surface area contributed by atoms with Gasteiger partial charge in [0.25, 0.3) is 0 Å². The van der Waals surface area contributed by atoms with Crippen LogP contribution in [-0.2, 0) is 6.16 Å². The van der Waals surface area contributed by atoms with Gasteiger partial charge < -0.3 is 0 Å². The van der Waals surface area contributed by atoms with Crippen LogP contribution in [-0.4, -0.2) is 5.66 Å². The Kier molecular flexibility index (Phi) is 5.39. The van der Waals surface area contributed by atoms with Crippen molar-refractivity contribution in [3.05, 3.63) is 127 Å². The van der Waals surface area contributed by atoms with E-state index in [1.807, 2.05) is 0 Å². The summed E-state index contributed by atoms with van der Waals surface area (Å²) in [5.74, 6) is 0. The van der Waals surface area contributed by atoms with Crippen LogP contribution >= 0.6 is 6.60 Å². The Balaban J connectivity index is 2.19. The number of hydrogen-bond donors (Lipinski definition) is 0. The second-order valence-corrected chi connectivity index (χ2v) is 13.8. The van der Waals surface area contributed by atoms with Gasteiger partial charge >= 0.3 is 175 Å². The van der Waals surface area contributed by atoms with Crippen LogP contribution in [0.3, 0.4) is 0 Å². The molecule has 0 amide bonds. The second-order valence-electron chi connectivity index (χ2n) is 8.12. The summed E-state index contributed by atoms with van der Waals surface area (Å²) in [5.41, 5.74) is 1.85. The maximum atomic E-state index is 2.42. The van der Waals surface area contributed by atoms with E-state index in [0.717, 1.165) is 6.16 Å². The van der Waals surface area contributed by atoms with Crippen LogP contribution in [0.2, 0.25) is 0 Å². The second kappa shape index (κ2) is 7.97.